The number of benzene rings is 1. The van der Waals surface area contributed by atoms with E-state index in [2.05, 4.69) is 10.2 Å². The van der Waals surface area contributed by atoms with Crippen molar-refractivity contribution in [3.63, 3.8) is 0 Å². The second kappa shape index (κ2) is 5.61. The van der Waals surface area contributed by atoms with Crippen molar-refractivity contribution in [2.24, 2.45) is 0 Å². The Kier molecular flexibility index (Phi) is 4.13. The Morgan fingerprint density at radius 2 is 2.29 bits per heavy atom. The summed E-state index contributed by atoms with van der Waals surface area (Å²) in [4.78, 5) is 2.44. The molecule has 0 spiro atoms. The summed E-state index contributed by atoms with van der Waals surface area (Å²) in [6.07, 6.45) is 2.50. The van der Waals surface area contributed by atoms with Crippen molar-refractivity contribution in [1.29, 1.82) is 0 Å². The van der Waals surface area contributed by atoms with Gasteiger partial charge >= 0.3 is 0 Å². The van der Waals surface area contributed by atoms with Crippen molar-refractivity contribution in [1.82, 2.24) is 10.2 Å². The first kappa shape index (κ1) is 12.5. The Labute approximate surface area is 103 Å². The molecule has 1 N–H and O–H groups in total. The minimum atomic E-state index is -0.111. The summed E-state index contributed by atoms with van der Waals surface area (Å²) in [6.45, 7) is 4.99. The van der Waals surface area contributed by atoms with Crippen molar-refractivity contribution in [3.8, 4) is 0 Å². The SMILES string of the molecule is CNC1CCCN(Cc2ccc(F)c(C)c2)C1. The molecule has 3 heteroatoms. The summed E-state index contributed by atoms with van der Waals surface area (Å²) in [7, 11) is 2.02. The van der Waals surface area contributed by atoms with Gasteiger partial charge in [0.15, 0.2) is 0 Å². The number of piperidine rings is 1. The highest BCUT2D eigenvalue weighted by Crippen LogP contribution is 2.15. The van der Waals surface area contributed by atoms with E-state index in [4.69, 9.17) is 0 Å². The molecule has 0 radical (unpaired) electrons. The van der Waals surface area contributed by atoms with Crippen LogP contribution in [0.2, 0.25) is 0 Å². The average Bonchev–Trinajstić information content (AvgIpc) is 2.34. The van der Waals surface area contributed by atoms with E-state index in [0.29, 0.717) is 6.04 Å². The molecule has 94 valence electrons. The molecule has 1 unspecified atom stereocenters. The quantitative estimate of drug-likeness (QED) is 0.866. The van der Waals surface area contributed by atoms with Crippen LogP contribution >= 0.6 is 0 Å². The maximum absolute atomic E-state index is 13.2. The van der Waals surface area contributed by atoms with Crippen LogP contribution in [0.1, 0.15) is 24.0 Å². The number of rotatable bonds is 3. The first-order valence-corrected chi connectivity index (χ1v) is 6.33. The first-order chi connectivity index (χ1) is 8.19. The zero-order valence-corrected chi connectivity index (χ0v) is 10.7. The number of nitrogens with zero attached hydrogens (tertiary/aromatic N) is 1. The Hall–Kier alpha value is -0.930. The van der Waals surface area contributed by atoms with Gasteiger partial charge in [0.25, 0.3) is 0 Å². The molecular weight excluding hydrogens is 215 g/mol. The third-order valence-corrected chi connectivity index (χ3v) is 3.54. The zero-order valence-electron chi connectivity index (χ0n) is 10.7. The van der Waals surface area contributed by atoms with Gasteiger partial charge in [-0.25, -0.2) is 4.39 Å². The van der Waals surface area contributed by atoms with Gasteiger partial charge in [-0.3, -0.25) is 4.90 Å². The third kappa shape index (κ3) is 3.27. The molecule has 1 aliphatic rings. The van der Waals surface area contributed by atoms with Gasteiger partial charge in [0.05, 0.1) is 0 Å². The fourth-order valence-electron chi connectivity index (χ4n) is 2.50. The van der Waals surface area contributed by atoms with E-state index in [0.717, 1.165) is 25.2 Å². The van der Waals surface area contributed by atoms with Crippen LogP contribution in [-0.2, 0) is 6.54 Å². The highest BCUT2D eigenvalue weighted by atomic mass is 19.1. The number of hydrogen-bond acceptors (Lipinski definition) is 2. The summed E-state index contributed by atoms with van der Waals surface area (Å²) >= 11 is 0. The lowest BCUT2D eigenvalue weighted by atomic mass is 10.0. The number of likely N-dealkylation sites (tertiary alicyclic amines) is 1. The summed E-state index contributed by atoms with van der Waals surface area (Å²) in [5, 5.41) is 3.34. The topological polar surface area (TPSA) is 15.3 Å². The average molecular weight is 236 g/mol. The summed E-state index contributed by atoms with van der Waals surface area (Å²) in [6, 6.07) is 6.03. The Bertz CT molecular complexity index is 378. The van der Waals surface area contributed by atoms with Crippen LogP contribution in [0, 0.1) is 12.7 Å². The lowest BCUT2D eigenvalue weighted by molar-refractivity contribution is 0.188. The van der Waals surface area contributed by atoms with Gasteiger partial charge in [-0.1, -0.05) is 12.1 Å². The van der Waals surface area contributed by atoms with E-state index < -0.39 is 0 Å². The lowest BCUT2D eigenvalue weighted by Gasteiger charge is -2.32. The zero-order chi connectivity index (χ0) is 12.3. The number of nitrogens with one attached hydrogen (secondary N) is 1. The van der Waals surface area contributed by atoms with E-state index in [1.165, 1.54) is 18.4 Å². The van der Waals surface area contributed by atoms with E-state index in [1.54, 1.807) is 6.07 Å². The second-order valence-electron chi connectivity index (χ2n) is 4.95. The molecule has 1 saturated heterocycles. The monoisotopic (exact) mass is 236 g/mol. The number of likely N-dealkylation sites (N-methyl/N-ethyl adjacent to an activating group) is 1. The van der Waals surface area contributed by atoms with Crippen LogP contribution in [-0.4, -0.2) is 31.1 Å². The molecule has 1 fully saturated rings. The molecule has 2 rings (SSSR count). The predicted molar refractivity (Wildman–Crippen MR) is 68.5 cm³/mol. The summed E-state index contributed by atoms with van der Waals surface area (Å²) < 4.78 is 13.2. The molecule has 1 aliphatic heterocycles. The van der Waals surface area contributed by atoms with Gasteiger partial charge in [0, 0.05) is 19.1 Å². The maximum atomic E-state index is 13.2. The summed E-state index contributed by atoms with van der Waals surface area (Å²) in [5.41, 5.74) is 1.95. The number of aryl methyl sites for hydroxylation is 1. The van der Waals surface area contributed by atoms with Crippen LogP contribution in [0.3, 0.4) is 0 Å². The van der Waals surface area contributed by atoms with E-state index in [1.807, 2.05) is 26.1 Å². The minimum Gasteiger partial charge on any atom is -0.316 e. The molecule has 1 aromatic rings. The Balaban J connectivity index is 1.97. The van der Waals surface area contributed by atoms with Gasteiger partial charge in [0.1, 0.15) is 5.82 Å². The van der Waals surface area contributed by atoms with Crippen LogP contribution < -0.4 is 5.32 Å². The normalized spacial score (nSPS) is 21.7. The van der Waals surface area contributed by atoms with Crippen LogP contribution in [0.25, 0.3) is 0 Å². The molecule has 2 nitrogen and oxygen atoms in total. The van der Waals surface area contributed by atoms with Crippen molar-refractivity contribution < 1.29 is 4.39 Å². The van der Waals surface area contributed by atoms with Crippen molar-refractivity contribution in [2.75, 3.05) is 20.1 Å². The fourth-order valence-corrected chi connectivity index (χ4v) is 2.50. The molecule has 1 heterocycles. The van der Waals surface area contributed by atoms with Gasteiger partial charge in [-0.05, 0) is 50.6 Å². The molecule has 0 bridgehead atoms. The Morgan fingerprint density at radius 3 is 3.00 bits per heavy atom. The van der Waals surface area contributed by atoms with Crippen LogP contribution in [0.5, 0.6) is 0 Å². The number of hydrogen-bond donors (Lipinski definition) is 1. The minimum absolute atomic E-state index is 0.111. The van der Waals surface area contributed by atoms with Crippen molar-refractivity contribution in [2.45, 2.75) is 32.4 Å². The molecule has 0 aliphatic carbocycles. The summed E-state index contributed by atoms with van der Waals surface area (Å²) in [5.74, 6) is -0.111. The third-order valence-electron chi connectivity index (χ3n) is 3.54. The van der Waals surface area contributed by atoms with Gasteiger partial charge in [-0.2, -0.15) is 0 Å². The lowest BCUT2D eigenvalue weighted by Crippen LogP contribution is -2.43. The molecule has 17 heavy (non-hydrogen) atoms. The molecule has 0 saturated carbocycles. The first-order valence-electron chi connectivity index (χ1n) is 6.33. The molecule has 1 atom stereocenters. The van der Waals surface area contributed by atoms with Crippen LogP contribution in [0.15, 0.2) is 18.2 Å². The smallest absolute Gasteiger partial charge is 0.126 e. The van der Waals surface area contributed by atoms with Crippen molar-refractivity contribution in [3.05, 3.63) is 35.1 Å². The van der Waals surface area contributed by atoms with Gasteiger partial charge in [0.2, 0.25) is 0 Å². The second-order valence-corrected chi connectivity index (χ2v) is 4.95. The Morgan fingerprint density at radius 1 is 1.47 bits per heavy atom. The number of halogens is 1. The van der Waals surface area contributed by atoms with E-state index in [-0.39, 0.29) is 5.82 Å². The van der Waals surface area contributed by atoms with Gasteiger partial charge < -0.3 is 5.32 Å². The largest absolute Gasteiger partial charge is 0.316 e. The standard InChI is InChI=1S/C14H21FN2/c1-11-8-12(5-6-14(11)15)9-17-7-3-4-13(10-17)16-2/h5-6,8,13,16H,3-4,7,9-10H2,1-2H3. The fraction of sp³-hybridized carbons (Fsp3) is 0.571. The van der Waals surface area contributed by atoms with Gasteiger partial charge in [-0.15, -0.1) is 0 Å². The molecule has 0 amide bonds. The molecule has 0 aromatic heterocycles. The van der Waals surface area contributed by atoms with Crippen LogP contribution in [0.4, 0.5) is 4.39 Å². The molecular formula is C14H21FN2. The highest BCUT2D eigenvalue weighted by molar-refractivity contribution is 5.23. The maximum Gasteiger partial charge on any atom is 0.126 e. The van der Waals surface area contributed by atoms with E-state index in [9.17, 15) is 4.39 Å². The highest BCUT2D eigenvalue weighted by Gasteiger charge is 2.18. The van der Waals surface area contributed by atoms with E-state index >= 15 is 0 Å². The predicted octanol–water partition coefficient (Wildman–Crippen LogP) is 2.32. The molecule has 1 aromatic carbocycles. The van der Waals surface area contributed by atoms with Crippen molar-refractivity contribution >= 4 is 0 Å².